The lowest BCUT2D eigenvalue weighted by Crippen LogP contribution is -2.27. The number of hydrogen-bond acceptors (Lipinski definition) is 5. The van der Waals surface area contributed by atoms with Gasteiger partial charge in [-0.05, 0) is 13.8 Å². The summed E-state index contributed by atoms with van der Waals surface area (Å²) in [6.07, 6.45) is -1.54. The van der Waals surface area contributed by atoms with Crippen LogP contribution in [0, 0.1) is 0 Å². The van der Waals surface area contributed by atoms with E-state index in [4.69, 9.17) is 10.8 Å². The first kappa shape index (κ1) is 14.6. The minimum atomic E-state index is -1.54. The maximum atomic E-state index is 11.3. The van der Waals surface area contributed by atoms with Gasteiger partial charge in [0.15, 0.2) is 0 Å². The first-order valence-electron chi connectivity index (χ1n) is 4.43. The van der Waals surface area contributed by atoms with Gasteiger partial charge in [0.1, 0.15) is 0 Å². The van der Waals surface area contributed by atoms with Crippen molar-refractivity contribution in [1.29, 1.82) is 0 Å². The number of methoxy groups -OCH3 is 1. The molecule has 0 spiro atoms. The number of esters is 1. The number of carbonyl (C=O) groups is 3. The van der Waals surface area contributed by atoms with Gasteiger partial charge in [-0.15, -0.1) is 0 Å². The Morgan fingerprint density at radius 2 is 1.82 bits per heavy atom. The van der Waals surface area contributed by atoms with E-state index in [1.54, 1.807) is 0 Å². The van der Waals surface area contributed by atoms with Gasteiger partial charge >= 0.3 is 18.1 Å². The number of allylic oxidation sites excluding steroid dienone is 1. The Morgan fingerprint density at radius 1 is 1.29 bits per heavy atom. The standard InChI is InChI=1S/C9H13N3O5/c1-4(10)6(7(13)17-3)5(2)11-8(14)12-9(15)16/h10H2,1-3H3,(H,12,14)(H,15,16)/b6-4-,11-5+. The molecule has 0 atom stereocenters. The monoisotopic (exact) mass is 243 g/mol. The van der Waals surface area contributed by atoms with Crippen LogP contribution in [0.4, 0.5) is 9.59 Å². The molecule has 0 bridgehead atoms. The predicted molar refractivity (Wildman–Crippen MR) is 58.6 cm³/mol. The summed E-state index contributed by atoms with van der Waals surface area (Å²) in [4.78, 5) is 35.8. The largest absolute Gasteiger partial charge is 0.465 e. The maximum absolute atomic E-state index is 11.3. The number of amides is 3. The second kappa shape index (κ2) is 6.26. The number of urea groups is 1. The van der Waals surface area contributed by atoms with Crippen molar-refractivity contribution in [3.05, 3.63) is 11.3 Å². The molecular weight excluding hydrogens is 230 g/mol. The van der Waals surface area contributed by atoms with Gasteiger partial charge in [-0.25, -0.2) is 19.7 Å². The van der Waals surface area contributed by atoms with E-state index in [1.807, 2.05) is 0 Å². The summed E-state index contributed by atoms with van der Waals surface area (Å²) in [5.41, 5.74) is 5.45. The average molecular weight is 243 g/mol. The van der Waals surface area contributed by atoms with E-state index in [1.165, 1.54) is 19.2 Å². The molecule has 17 heavy (non-hydrogen) atoms. The van der Waals surface area contributed by atoms with E-state index >= 15 is 0 Å². The molecule has 8 nitrogen and oxygen atoms in total. The summed E-state index contributed by atoms with van der Waals surface area (Å²) < 4.78 is 4.45. The number of carbonyl (C=O) groups excluding carboxylic acids is 2. The Bertz CT molecular complexity index is 407. The zero-order chi connectivity index (χ0) is 13.6. The first-order valence-corrected chi connectivity index (χ1v) is 4.43. The molecule has 0 fully saturated rings. The number of nitrogens with one attached hydrogen (secondary N) is 1. The number of carboxylic acid groups (broad SMARTS) is 1. The van der Waals surface area contributed by atoms with Crippen molar-refractivity contribution in [2.24, 2.45) is 10.7 Å². The van der Waals surface area contributed by atoms with Crippen LogP contribution in [0.3, 0.4) is 0 Å². The molecule has 8 heteroatoms. The molecule has 0 aliphatic heterocycles. The minimum absolute atomic E-state index is 0.0319. The van der Waals surface area contributed by atoms with Crippen molar-refractivity contribution in [2.75, 3.05) is 7.11 Å². The quantitative estimate of drug-likeness (QED) is 0.361. The third kappa shape index (κ3) is 4.78. The number of hydrogen-bond donors (Lipinski definition) is 3. The van der Waals surface area contributed by atoms with Crippen molar-refractivity contribution in [2.45, 2.75) is 13.8 Å². The molecule has 0 saturated carbocycles. The Kier molecular flexibility index (Phi) is 5.38. The molecule has 0 aromatic carbocycles. The van der Waals surface area contributed by atoms with E-state index in [0.29, 0.717) is 0 Å². The maximum Gasteiger partial charge on any atom is 0.412 e. The first-order chi connectivity index (χ1) is 7.79. The van der Waals surface area contributed by atoms with E-state index in [0.717, 1.165) is 7.11 Å². The molecule has 0 aliphatic rings. The lowest BCUT2D eigenvalue weighted by Gasteiger charge is -2.06. The number of aliphatic imine (C=N–C) groups is 1. The van der Waals surface area contributed by atoms with Crippen LogP contribution in [0.1, 0.15) is 13.8 Å². The molecule has 0 aromatic heterocycles. The van der Waals surface area contributed by atoms with Gasteiger partial charge in [-0.1, -0.05) is 0 Å². The van der Waals surface area contributed by atoms with Crippen molar-refractivity contribution >= 4 is 23.8 Å². The summed E-state index contributed by atoms with van der Waals surface area (Å²) in [5, 5.41) is 9.77. The van der Waals surface area contributed by atoms with Crippen LogP contribution in [0.25, 0.3) is 0 Å². The molecule has 94 valence electrons. The van der Waals surface area contributed by atoms with Gasteiger partial charge in [-0.3, -0.25) is 0 Å². The predicted octanol–water partition coefficient (Wildman–Crippen LogP) is 0.241. The fourth-order valence-corrected chi connectivity index (χ4v) is 1.02. The number of rotatable bonds is 2. The van der Waals surface area contributed by atoms with Crippen molar-refractivity contribution in [1.82, 2.24) is 5.32 Å². The summed E-state index contributed by atoms with van der Waals surface area (Å²) in [6, 6.07) is -1.11. The van der Waals surface area contributed by atoms with Gasteiger partial charge < -0.3 is 15.6 Å². The van der Waals surface area contributed by atoms with E-state index in [2.05, 4.69) is 9.73 Å². The molecule has 3 amide bonds. The number of imide groups is 1. The van der Waals surface area contributed by atoms with E-state index in [9.17, 15) is 14.4 Å². The summed E-state index contributed by atoms with van der Waals surface area (Å²) in [7, 11) is 1.15. The second-order valence-corrected chi connectivity index (χ2v) is 2.98. The summed E-state index contributed by atoms with van der Waals surface area (Å²) in [6.45, 7) is 2.77. The number of nitrogens with two attached hydrogens (primary N) is 1. The van der Waals surface area contributed by atoms with Gasteiger partial charge in [0.05, 0.1) is 18.4 Å². The third-order valence-corrected chi connectivity index (χ3v) is 1.63. The lowest BCUT2D eigenvalue weighted by atomic mass is 10.1. The highest BCUT2D eigenvalue weighted by Crippen LogP contribution is 2.05. The topological polar surface area (TPSA) is 131 Å². The summed E-state index contributed by atoms with van der Waals surface area (Å²) >= 11 is 0. The Labute approximate surface area is 97.1 Å². The second-order valence-electron chi connectivity index (χ2n) is 2.98. The lowest BCUT2D eigenvalue weighted by molar-refractivity contribution is -0.135. The van der Waals surface area contributed by atoms with Crippen LogP contribution in [0.2, 0.25) is 0 Å². The molecule has 0 radical (unpaired) electrons. The zero-order valence-electron chi connectivity index (χ0n) is 9.60. The van der Waals surface area contributed by atoms with Crippen LogP contribution >= 0.6 is 0 Å². The Hall–Kier alpha value is -2.38. The highest BCUT2D eigenvalue weighted by molar-refractivity contribution is 6.21. The van der Waals surface area contributed by atoms with Gasteiger partial charge in [-0.2, -0.15) is 4.99 Å². The van der Waals surface area contributed by atoms with Crippen LogP contribution in [0.15, 0.2) is 16.3 Å². The molecule has 0 heterocycles. The van der Waals surface area contributed by atoms with E-state index in [-0.39, 0.29) is 17.0 Å². The number of nitrogens with zero attached hydrogens (tertiary/aromatic N) is 1. The normalized spacial score (nSPS) is 12.5. The minimum Gasteiger partial charge on any atom is -0.465 e. The Morgan fingerprint density at radius 3 is 2.18 bits per heavy atom. The molecule has 0 rings (SSSR count). The van der Waals surface area contributed by atoms with Crippen LogP contribution in [-0.2, 0) is 9.53 Å². The molecule has 0 aromatic rings. The molecule has 0 unspecified atom stereocenters. The molecular formula is C9H13N3O5. The van der Waals surface area contributed by atoms with Crippen LogP contribution in [0.5, 0.6) is 0 Å². The van der Waals surface area contributed by atoms with Crippen molar-refractivity contribution in [3.8, 4) is 0 Å². The van der Waals surface area contributed by atoms with Gasteiger partial charge in [0.25, 0.3) is 0 Å². The van der Waals surface area contributed by atoms with Crippen molar-refractivity contribution in [3.63, 3.8) is 0 Å². The molecule has 0 aliphatic carbocycles. The fourth-order valence-electron chi connectivity index (χ4n) is 1.02. The van der Waals surface area contributed by atoms with Crippen molar-refractivity contribution < 1.29 is 24.2 Å². The van der Waals surface area contributed by atoms with Crippen LogP contribution in [-0.4, -0.2) is 36.0 Å². The molecule has 0 saturated heterocycles. The van der Waals surface area contributed by atoms with Gasteiger partial charge in [0.2, 0.25) is 0 Å². The molecule has 4 N–H and O–H groups in total. The highest BCUT2D eigenvalue weighted by Gasteiger charge is 2.17. The van der Waals surface area contributed by atoms with Gasteiger partial charge in [0, 0.05) is 5.70 Å². The Balaban J connectivity index is 5.12. The van der Waals surface area contributed by atoms with E-state index < -0.39 is 18.1 Å². The summed E-state index contributed by atoms with van der Waals surface area (Å²) in [5.74, 6) is -0.755. The van der Waals surface area contributed by atoms with Crippen LogP contribution < -0.4 is 11.1 Å². The SMILES string of the molecule is COC(=O)C(=C(/C)N)/C(C)=N/C(=O)NC(=O)O. The smallest absolute Gasteiger partial charge is 0.412 e. The third-order valence-electron chi connectivity index (χ3n) is 1.63. The zero-order valence-corrected chi connectivity index (χ0v) is 9.60. The number of ether oxygens (including phenoxy) is 1. The highest BCUT2D eigenvalue weighted by atomic mass is 16.5. The average Bonchev–Trinajstić information content (AvgIpc) is 2.14. The fraction of sp³-hybridized carbons (Fsp3) is 0.333.